The van der Waals surface area contributed by atoms with Gasteiger partial charge in [-0.15, -0.1) is 0 Å². The summed E-state index contributed by atoms with van der Waals surface area (Å²) in [7, 11) is 0. The van der Waals surface area contributed by atoms with Gasteiger partial charge < -0.3 is 11.1 Å². The van der Waals surface area contributed by atoms with Crippen molar-refractivity contribution in [2.75, 3.05) is 6.54 Å². The van der Waals surface area contributed by atoms with Crippen LogP contribution in [0.2, 0.25) is 0 Å². The molecule has 1 rings (SSSR count). The van der Waals surface area contributed by atoms with Crippen LogP contribution in [0, 0.1) is 0 Å². The summed E-state index contributed by atoms with van der Waals surface area (Å²) < 4.78 is 12.3. The summed E-state index contributed by atoms with van der Waals surface area (Å²) in [6.45, 7) is 0.258. The fraction of sp³-hybridized carbons (Fsp3) is 0.800. The highest BCUT2D eigenvalue weighted by Crippen LogP contribution is 2.08. The van der Waals surface area contributed by atoms with Crippen molar-refractivity contribution in [2.45, 2.75) is 18.6 Å². The summed E-state index contributed by atoms with van der Waals surface area (Å²) >= 11 is 0. The van der Waals surface area contributed by atoms with Gasteiger partial charge >= 0.3 is 0 Å². The van der Waals surface area contributed by atoms with Crippen LogP contribution in [0.15, 0.2) is 0 Å². The third-order valence-electron chi connectivity index (χ3n) is 1.42. The molecule has 1 amide bonds. The Morgan fingerprint density at radius 2 is 2.44 bits per heavy atom. The predicted octanol–water partition coefficient (Wildman–Crippen LogP) is -0.828. The van der Waals surface area contributed by atoms with E-state index in [1.54, 1.807) is 0 Å². The number of amides is 1. The number of nitrogens with two attached hydrogens (primary N) is 1. The van der Waals surface area contributed by atoms with E-state index in [9.17, 15) is 9.18 Å². The van der Waals surface area contributed by atoms with Crippen molar-refractivity contribution >= 4 is 5.91 Å². The van der Waals surface area contributed by atoms with Crippen LogP contribution in [0.25, 0.3) is 0 Å². The van der Waals surface area contributed by atoms with Crippen molar-refractivity contribution < 1.29 is 9.18 Å². The van der Waals surface area contributed by atoms with Gasteiger partial charge in [-0.1, -0.05) is 0 Å². The molecule has 1 aliphatic rings. The molecule has 0 spiro atoms. The Kier molecular flexibility index (Phi) is 1.66. The molecular formula is C5H9FN2O. The standard InChI is InChI=1S/C5H9FN2O/c6-3-1-4(5(7)9)8-2-3/h3-4,8H,1-2H2,(H2,7,9)/t3?,4-/m0/s1. The molecule has 1 fully saturated rings. The molecule has 0 aromatic heterocycles. The Balaban J connectivity index is 2.39. The molecule has 4 heteroatoms. The smallest absolute Gasteiger partial charge is 0.234 e. The van der Waals surface area contributed by atoms with Gasteiger partial charge in [-0.05, 0) is 0 Å². The number of alkyl halides is 1. The molecule has 1 aliphatic heterocycles. The largest absolute Gasteiger partial charge is 0.368 e. The number of rotatable bonds is 1. The topological polar surface area (TPSA) is 55.1 Å². The number of hydrogen-bond donors (Lipinski definition) is 2. The first-order valence-corrected chi connectivity index (χ1v) is 2.87. The zero-order valence-corrected chi connectivity index (χ0v) is 4.93. The van der Waals surface area contributed by atoms with Crippen molar-refractivity contribution in [1.29, 1.82) is 0 Å². The maximum Gasteiger partial charge on any atom is 0.234 e. The van der Waals surface area contributed by atoms with Crippen molar-refractivity contribution in [2.24, 2.45) is 5.73 Å². The Bertz CT molecular complexity index is 128. The van der Waals surface area contributed by atoms with Crippen LogP contribution in [0.1, 0.15) is 6.42 Å². The minimum atomic E-state index is -0.900. The lowest BCUT2D eigenvalue weighted by Gasteiger charge is -2.00. The number of nitrogens with one attached hydrogen (secondary N) is 1. The molecule has 52 valence electrons. The molecule has 0 aliphatic carbocycles. The van der Waals surface area contributed by atoms with E-state index in [2.05, 4.69) is 5.32 Å². The molecule has 3 N–H and O–H groups in total. The Morgan fingerprint density at radius 3 is 2.67 bits per heavy atom. The number of hydrogen-bond acceptors (Lipinski definition) is 2. The zero-order valence-electron chi connectivity index (χ0n) is 4.93. The molecule has 0 aromatic rings. The van der Waals surface area contributed by atoms with Gasteiger partial charge in [0, 0.05) is 13.0 Å². The average molecular weight is 132 g/mol. The molecule has 2 atom stereocenters. The van der Waals surface area contributed by atoms with Crippen molar-refractivity contribution in [1.82, 2.24) is 5.32 Å². The minimum Gasteiger partial charge on any atom is -0.368 e. The highest BCUT2D eigenvalue weighted by molar-refractivity contribution is 5.80. The molecule has 1 saturated heterocycles. The van der Waals surface area contributed by atoms with Crippen molar-refractivity contribution in [3.05, 3.63) is 0 Å². The van der Waals surface area contributed by atoms with Crippen LogP contribution in [0.5, 0.6) is 0 Å². The Labute approximate surface area is 52.4 Å². The van der Waals surface area contributed by atoms with Crippen LogP contribution >= 0.6 is 0 Å². The van der Waals surface area contributed by atoms with E-state index >= 15 is 0 Å². The van der Waals surface area contributed by atoms with Gasteiger partial charge in [0.05, 0.1) is 6.04 Å². The molecule has 1 heterocycles. The maximum atomic E-state index is 12.3. The zero-order chi connectivity index (χ0) is 6.85. The molecule has 9 heavy (non-hydrogen) atoms. The van der Waals surface area contributed by atoms with Crippen LogP contribution in [-0.2, 0) is 4.79 Å². The van der Waals surface area contributed by atoms with Crippen LogP contribution in [0.3, 0.4) is 0 Å². The molecule has 0 saturated carbocycles. The van der Waals surface area contributed by atoms with E-state index < -0.39 is 18.1 Å². The normalized spacial score (nSPS) is 34.8. The Morgan fingerprint density at radius 1 is 1.78 bits per heavy atom. The van der Waals surface area contributed by atoms with E-state index in [0.717, 1.165) is 0 Å². The maximum absolute atomic E-state index is 12.3. The van der Waals surface area contributed by atoms with Gasteiger partial charge in [-0.3, -0.25) is 4.79 Å². The van der Waals surface area contributed by atoms with Gasteiger partial charge in [0.25, 0.3) is 0 Å². The highest BCUT2D eigenvalue weighted by Gasteiger charge is 2.26. The molecule has 1 unspecified atom stereocenters. The number of carbonyl (C=O) groups excluding carboxylic acids is 1. The second-order valence-corrected chi connectivity index (χ2v) is 2.20. The predicted molar refractivity (Wildman–Crippen MR) is 30.5 cm³/mol. The first-order chi connectivity index (χ1) is 4.20. The van der Waals surface area contributed by atoms with E-state index in [4.69, 9.17) is 5.73 Å². The number of primary amides is 1. The summed E-state index contributed by atoms with van der Waals surface area (Å²) in [5.41, 5.74) is 4.89. The SMILES string of the molecule is NC(=O)[C@@H]1CC(F)CN1. The van der Waals surface area contributed by atoms with E-state index in [0.29, 0.717) is 0 Å². The van der Waals surface area contributed by atoms with Gasteiger partial charge in [0.2, 0.25) is 5.91 Å². The summed E-state index contributed by atoms with van der Waals surface area (Å²) in [4.78, 5) is 10.3. The molecular weight excluding hydrogens is 123 g/mol. The van der Waals surface area contributed by atoms with Crippen molar-refractivity contribution in [3.63, 3.8) is 0 Å². The third kappa shape index (κ3) is 1.38. The van der Waals surface area contributed by atoms with Crippen LogP contribution in [-0.4, -0.2) is 24.7 Å². The Hall–Kier alpha value is -0.640. The lowest BCUT2D eigenvalue weighted by atomic mass is 10.2. The fourth-order valence-electron chi connectivity index (χ4n) is 0.909. The lowest BCUT2D eigenvalue weighted by Crippen LogP contribution is -2.36. The van der Waals surface area contributed by atoms with E-state index in [1.165, 1.54) is 0 Å². The van der Waals surface area contributed by atoms with Crippen LogP contribution in [0.4, 0.5) is 4.39 Å². The summed E-state index contributed by atoms with van der Waals surface area (Å²) in [6.07, 6.45) is -0.669. The van der Waals surface area contributed by atoms with Gasteiger partial charge in [0.15, 0.2) is 0 Å². The lowest BCUT2D eigenvalue weighted by molar-refractivity contribution is -0.119. The molecule has 3 nitrogen and oxygen atoms in total. The second-order valence-electron chi connectivity index (χ2n) is 2.20. The second kappa shape index (κ2) is 2.31. The highest BCUT2D eigenvalue weighted by atomic mass is 19.1. The fourth-order valence-corrected chi connectivity index (χ4v) is 0.909. The third-order valence-corrected chi connectivity index (χ3v) is 1.42. The van der Waals surface area contributed by atoms with Gasteiger partial charge in [0.1, 0.15) is 6.17 Å². The summed E-state index contributed by atoms with van der Waals surface area (Å²) in [6, 6.07) is -0.444. The first-order valence-electron chi connectivity index (χ1n) is 2.87. The number of carbonyl (C=O) groups is 1. The van der Waals surface area contributed by atoms with Gasteiger partial charge in [-0.25, -0.2) is 4.39 Å². The minimum absolute atomic E-state index is 0.231. The summed E-state index contributed by atoms with van der Waals surface area (Å²) in [5.74, 6) is -0.463. The average Bonchev–Trinajstić information content (AvgIpc) is 2.14. The molecule has 0 aromatic carbocycles. The molecule has 0 radical (unpaired) electrons. The van der Waals surface area contributed by atoms with Crippen LogP contribution < -0.4 is 11.1 Å². The first kappa shape index (κ1) is 6.48. The van der Waals surface area contributed by atoms with Gasteiger partial charge in [-0.2, -0.15) is 0 Å². The quantitative estimate of drug-likeness (QED) is 0.489. The molecule has 0 bridgehead atoms. The number of halogens is 1. The van der Waals surface area contributed by atoms with E-state index in [-0.39, 0.29) is 13.0 Å². The van der Waals surface area contributed by atoms with E-state index in [1.807, 2.05) is 0 Å². The van der Waals surface area contributed by atoms with Crippen molar-refractivity contribution in [3.8, 4) is 0 Å². The summed E-state index contributed by atoms with van der Waals surface area (Å²) in [5, 5.41) is 2.66. The monoisotopic (exact) mass is 132 g/mol.